The highest BCUT2D eigenvalue weighted by atomic mass is 16.1. The summed E-state index contributed by atoms with van der Waals surface area (Å²) in [5.74, 6) is -0.0822. The average molecular weight is 300 g/mol. The van der Waals surface area contributed by atoms with Gasteiger partial charge in [0.25, 0.3) is 5.91 Å². The van der Waals surface area contributed by atoms with Gasteiger partial charge in [-0.05, 0) is 18.7 Å². The fraction of sp³-hybridized carbons (Fsp3) is 0.412. The first kappa shape index (κ1) is 16.2. The predicted molar refractivity (Wildman–Crippen MR) is 87.6 cm³/mol. The quantitative estimate of drug-likeness (QED) is 0.853. The summed E-state index contributed by atoms with van der Waals surface area (Å²) in [6, 6.07) is 10.5. The van der Waals surface area contributed by atoms with E-state index in [2.05, 4.69) is 41.3 Å². The number of nitrogens with zero attached hydrogens (tertiary/aromatic N) is 3. The van der Waals surface area contributed by atoms with E-state index >= 15 is 0 Å². The largest absolute Gasteiger partial charge is 0.350 e. The summed E-state index contributed by atoms with van der Waals surface area (Å²) in [5.41, 5.74) is 1.81. The summed E-state index contributed by atoms with van der Waals surface area (Å²) in [6.07, 6.45) is 3.31. The third kappa shape index (κ3) is 3.95. The van der Waals surface area contributed by atoms with E-state index in [1.807, 2.05) is 18.2 Å². The van der Waals surface area contributed by atoms with Gasteiger partial charge in [0.1, 0.15) is 0 Å². The van der Waals surface area contributed by atoms with Crippen molar-refractivity contribution in [2.24, 2.45) is 7.05 Å². The number of carbonyl (C=O) groups excluding carboxylic acids is 1. The van der Waals surface area contributed by atoms with E-state index < -0.39 is 0 Å². The Morgan fingerprint density at radius 1 is 1.27 bits per heavy atom. The number of rotatable bonds is 7. The van der Waals surface area contributed by atoms with E-state index in [1.165, 1.54) is 5.56 Å². The van der Waals surface area contributed by atoms with Gasteiger partial charge in [0.05, 0.1) is 17.8 Å². The van der Waals surface area contributed by atoms with E-state index in [-0.39, 0.29) is 11.9 Å². The van der Waals surface area contributed by atoms with Gasteiger partial charge in [-0.1, -0.05) is 44.2 Å². The third-order valence-corrected chi connectivity index (χ3v) is 3.86. The van der Waals surface area contributed by atoms with Crippen molar-refractivity contribution in [1.29, 1.82) is 0 Å². The highest BCUT2D eigenvalue weighted by molar-refractivity contribution is 5.93. The van der Waals surface area contributed by atoms with Crippen LogP contribution in [0, 0.1) is 0 Å². The Bertz CT molecular complexity index is 590. The highest BCUT2D eigenvalue weighted by Crippen LogP contribution is 2.19. The molecular formula is C17H24N4O. The van der Waals surface area contributed by atoms with Gasteiger partial charge >= 0.3 is 0 Å². The second-order valence-electron chi connectivity index (χ2n) is 5.26. The molecule has 1 atom stereocenters. The first-order chi connectivity index (χ1) is 10.7. The van der Waals surface area contributed by atoms with Crippen LogP contribution in [0.4, 0.5) is 0 Å². The number of carbonyl (C=O) groups is 1. The van der Waals surface area contributed by atoms with Crippen molar-refractivity contribution >= 4 is 5.91 Å². The predicted octanol–water partition coefficient (Wildman–Crippen LogP) is 2.23. The van der Waals surface area contributed by atoms with Crippen LogP contribution in [-0.4, -0.2) is 40.2 Å². The van der Waals surface area contributed by atoms with Gasteiger partial charge in [-0.15, -0.1) is 0 Å². The molecule has 0 aliphatic heterocycles. The Balaban J connectivity index is 2.08. The summed E-state index contributed by atoms with van der Waals surface area (Å²) in [7, 11) is 1.81. The number of likely N-dealkylation sites (N-methyl/N-ethyl adjacent to an activating group) is 1. The summed E-state index contributed by atoms with van der Waals surface area (Å²) in [4.78, 5) is 14.6. The zero-order chi connectivity index (χ0) is 15.9. The van der Waals surface area contributed by atoms with Crippen LogP contribution in [-0.2, 0) is 7.05 Å². The molecule has 22 heavy (non-hydrogen) atoms. The van der Waals surface area contributed by atoms with Crippen LogP contribution in [0.1, 0.15) is 35.8 Å². The Hall–Kier alpha value is -2.14. The van der Waals surface area contributed by atoms with Crippen molar-refractivity contribution in [2.75, 3.05) is 19.6 Å². The van der Waals surface area contributed by atoms with E-state index in [0.29, 0.717) is 12.1 Å². The van der Waals surface area contributed by atoms with Gasteiger partial charge in [-0.3, -0.25) is 14.4 Å². The van der Waals surface area contributed by atoms with E-state index in [9.17, 15) is 4.79 Å². The normalized spacial score (nSPS) is 12.4. The first-order valence-corrected chi connectivity index (χ1v) is 7.71. The van der Waals surface area contributed by atoms with Crippen LogP contribution in [0.5, 0.6) is 0 Å². The third-order valence-electron chi connectivity index (χ3n) is 3.86. The number of amides is 1. The van der Waals surface area contributed by atoms with Gasteiger partial charge in [-0.2, -0.15) is 5.10 Å². The molecule has 0 radical (unpaired) electrons. The maximum absolute atomic E-state index is 12.2. The first-order valence-electron chi connectivity index (χ1n) is 7.71. The standard InChI is InChI=1S/C17H24N4O/c1-4-21(5-2)16(14-9-7-6-8-10-14)12-18-17(22)15-11-19-20(3)13-15/h6-11,13,16H,4-5,12H2,1-3H3,(H,18,22). The number of nitrogens with one attached hydrogen (secondary N) is 1. The molecule has 1 unspecified atom stereocenters. The van der Waals surface area contributed by atoms with Crippen molar-refractivity contribution in [3.05, 3.63) is 53.9 Å². The molecule has 0 fully saturated rings. The molecule has 0 spiro atoms. The maximum Gasteiger partial charge on any atom is 0.254 e. The lowest BCUT2D eigenvalue weighted by molar-refractivity contribution is 0.0935. The van der Waals surface area contributed by atoms with Crippen molar-refractivity contribution in [1.82, 2.24) is 20.0 Å². The smallest absolute Gasteiger partial charge is 0.254 e. The van der Waals surface area contributed by atoms with Gasteiger partial charge < -0.3 is 5.32 Å². The van der Waals surface area contributed by atoms with Crippen molar-refractivity contribution < 1.29 is 4.79 Å². The molecule has 1 aromatic carbocycles. The fourth-order valence-corrected chi connectivity index (χ4v) is 2.63. The van der Waals surface area contributed by atoms with Crippen LogP contribution >= 0.6 is 0 Å². The molecule has 5 heteroatoms. The topological polar surface area (TPSA) is 50.2 Å². The molecule has 118 valence electrons. The van der Waals surface area contributed by atoms with Gasteiger partial charge in [0.2, 0.25) is 0 Å². The molecule has 0 aliphatic carbocycles. The number of aryl methyl sites for hydroxylation is 1. The number of benzene rings is 1. The summed E-state index contributed by atoms with van der Waals surface area (Å²) in [5, 5.41) is 7.06. The molecule has 2 aromatic rings. The van der Waals surface area contributed by atoms with Crippen molar-refractivity contribution in [3.8, 4) is 0 Å². The van der Waals surface area contributed by atoms with Gasteiger partial charge in [0.15, 0.2) is 0 Å². The average Bonchev–Trinajstić information content (AvgIpc) is 2.98. The second-order valence-corrected chi connectivity index (χ2v) is 5.26. The SMILES string of the molecule is CCN(CC)C(CNC(=O)c1cnn(C)c1)c1ccccc1. The van der Waals surface area contributed by atoms with Gasteiger partial charge in [0, 0.05) is 19.8 Å². The Kier molecular flexibility index (Phi) is 5.72. The van der Waals surface area contributed by atoms with Crippen LogP contribution in [0.25, 0.3) is 0 Å². The Morgan fingerprint density at radius 3 is 2.50 bits per heavy atom. The fourth-order valence-electron chi connectivity index (χ4n) is 2.63. The molecule has 2 rings (SSSR count). The molecule has 0 bridgehead atoms. The van der Waals surface area contributed by atoms with Crippen LogP contribution in [0.15, 0.2) is 42.7 Å². The molecule has 0 aliphatic rings. The lowest BCUT2D eigenvalue weighted by atomic mass is 10.0. The molecule has 0 saturated carbocycles. The zero-order valence-electron chi connectivity index (χ0n) is 13.5. The van der Waals surface area contributed by atoms with Crippen LogP contribution < -0.4 is 5.32 Å². The summed E-state index contributed by atoms with van der Waals surface area (Å²) >= 11 is 0. The minimum absolute atomic E-state index is 0.0822. The summed E-state index contributed by atoms with van der Waals surface area (Å²) in [6.45, 7) is 6.75. The van der Waals surface area contributed by atoms with Crippen molar-refractivity contribution in [3.63, 3.8) is 0 Å². The molecule has 1 heterocycles. The van der Waals surface area contributed by atoms with Crippen molar-refractivity contribution in [2.45, 2.75) is 19.9 Å². The number of hydrogen-bond acceptors (Lipinski definition) is 3. The maximum atomic E-state index is 12.2. The number of aromatic nitrogens is 2. The van der Waals surface area contributed by atoms with Gasteiger partial charge in [-0.25, -0.2) is 0 Å². The molecule has 1 aromatic heterocycles. The summed E-state index contributed by atoms with van der Waals surface area (Å²) < 4.78 is 1.63. The molecule has 1 amide bonds. The Labute approximate surface area is 131 Å². The van der Waals surface area contributed by atoms with E-state index in [0.717, 1.165) is 13.1 Å². The van der Waals surface area contributed by atoms with Crippen LogP contribution in [0.2, 0.25) is 0 Å². The minimum Gasteiger partial charge on any atom is -0.350 e. The second kappa shape index (κ2) is 7.75. The lowest BCUT2D eigenvalue weighted by Crippen LogP contribution is -2.38. The Morgan fingerprint density at radius 2 is 1.95 bits per heavy atom. The molecule has 5 nitrogen and oxygen atoms in total. The molecule has 0 saturated heterocycles. The lowest BCUT2D eigenvalue weighted by Gasteiger charge is -2.30. The number of hydrogen-bond donors (Lipinski definition) is 1. The zero-order valence-corrected chi connectivity index (χ0v) is 13.5. The molecule has 1 N–H and O–H groups in total. The monoisotopic (exact) mass is 300 g/mol. The molecular weight excluding hydrogens is 276 g/mol. The van der Waals surface area contributed by atoms with E-state index in [4.69, 9.17) is 0 Å². The van der Waals surface area contributed by atoms with E-state index in [1.54, 1.807) is 24.1 Å². The van der Waals surface area contributed by atoms with Crippen LogP contribution in [0.3, 0.4) is 0 Å². The highest BCUT2D eigenvalue weighted by Gasteiger charge is 2.19. The minimum atomic E-state index is -0.0822.